The van der Waals surface area contributed by atoms with E-state index < -0.39 is 35.0 Å². The fourth-order valence-corrected chi connectivity index (χ4v) is 5.55. The highest BCUT2D eigenvalue weighted by molar-refractivity contribution is 5.99. The molecule has 38 heavy (non-hydrogen) atoms. The zero-order valence-corrected chi connectivity index (χ0v) is 21.1. The summed E-state index contributed by atoms with van der Waals surface area (Å²) >= 11 is 0. The Labute approximate surface area is 217 Å². The third-order valence-corrected chi connectivity index (χ3v) is 7.67. The van der Waals surface area contributed by atoms with Gasteiger partial charge in [0, 0.05) is 18.8 Å². The third-order valence-electron chi connectivity index (χ3n) is 7.67. The minimum atomic E-state index is -1.35. The van der Waals surface area contributed by atoms with Crippen LogP contribution < -0.4 is 15.6 Å². The number of hydrogen-bond donors (Lipinski definition) is 1. The molecule has 1 N–H and O–H groups in total. The topological polar surface area (TPSA) is 84.3 Å². The molecule has 1 aromatic carbocycles. The highest BCUT2D eigenvalue weighted by atomic mass is 19.1. The van der Waals surface area contributed by atoms with E-state index in [0.29, 0.717) is 18.5 Å². The molecular formula is C28H29F3N4O3. The van der Waals surface area contributed by atoms with Crippen molar-refractivity contribution in [3.8, 4) is 5.69 Å². The Kier molecular flexibility index (Phi) is 7.23. The Morgan fingerprint density at radius 1 is 1.13 bits per heavy atom. The molecule has 2 aromatic heterocycles. The average Bonchev–Trinajstić information content (AvgIpc) is 3.49. The van der Waals surface area contributed by atoms with Gasteiger partial charge in [-0.3, -0.25) is 23.9 Å². The molecule has 2 fully saturated rings. The van der Waals surface area contributed by atoms with Crippen LogP contribution in [-0.2, 0) is 4.79 Å². The molecule has 2 aliphatic rings. The number of alkyl halides is 1. The predicted octanol–water partition coefficient (Wildman–Crippen LogP) is 4.68. The van der Waals surface area contributed by atoms with Crippen LogP contribution in [-0.4, -0.2) is 40.6 Å². The van der Waals surface area contributed by atoms with Crippen molar-refractivity contribution >= 4 is 28.7 Å². The number of nitrogens with one attached hydrogen (secondary N) is 1. The summed E-state index contributed by atoms with van der Waals surface area (Å²) in [5, 5.41) is 2.82. The first-order chi connectivity index (χ1) is 18.2. The first-order valence-corrected chi connectivity index (χ1v) is 13.0. The fourth-order valence-electron chi connectivity index (χ4n) is 5.55. The number of amides is 2. The Bertz CT molecular complexity index is 1460. The molecule has 1 saturated heterocycles. The van der Waals surface area contributed by atoms with E-state index in [1.165, 1.54) is 35.4 Å². The van der Waals surface area contributed by atoms with Crippen molar-refractivity contribution in [1.82, 2.24) is 14.9 Å². The number of rotatable bonds is 7. The van der Waals surface area contributed by atoms with Gasteiger partial charge in [-0.2, -0.15) is 0 Å². The van der Waals surface area contributed by atoms with Crippen LogP contribution in [0.4, 0.5) is 19.0 Å². The average molecular weight is 527 g/mol. The molecule has 7 nitrogen and oxygen atoms in total. The molecule has 0 bridgehead atoms. The minimum Gasteiger partial charge on any atom is -0.352 e. The van der Waals surface area contributed by atoms with E-state index in [9.17, 15) is 27.6 Å². The normalized spacial score (nSPS) is 21.4. The maximum atomic E-state index is 14.9. The van der Waals surface area contributed by atoms with E-state index >= 15 is 0 Å². The lowest BCUT2D eigenvalue weighted by Gasteiger charge is -2.18. The van der Waals surface area contributed by atoms with E-state index in [4.69, 9.17) is 0 Å². The van der Waals surface area contributed by atoms with Gasteiger partial charge in [0.1, 0.15) is 29.2 Å². The number of anilines is 1. The van der Waals surface area contributed by atoms with Gasteiger partial charge in [0.25, 0.3) is 5.91 Å². The molecule has 0 spiro atoms. The lowest BCUT2D eigenvalue weighted by molar-refractivity contribution is -0.117. The molecule has 0 radical (unpaired) electrons. The van der Waals surface area contributed by atoms with Crippen LogP contribution in [0.15, 0.2) is 41.3 Å². The number of carbonyl (C=O) groups is 2. The van der Waals surface area contributed by atoms with Crippen molar-refractivity contribution < 1.29 is 22.8 Å². The molecule has 200 valence electrons. The van der Waals surface area contributed by atoms with Crippen molar-refractivity contribution in [3.05, 3.63) is 63.9 Å². The number of pyridine rings is 2. The van der Waals surface area contributed by atoms with E-state index in [2.05, 4.69) is 17.2 Å². The number of nitrogens with zero attached hydrogens (tertiary/aromatic N) is 3. The van der Waals surface area contributed by atoms with Gasteiger partial charge in [0.2, 0.25) is 11.3 Å². The Balaban J connectivity index is 1.51. The summed E-state index contributed by atoms with van der Waals surface area (Å²) in [4.78, 5) is 44.2. The van der Waals surface area contributed by atoms with Crippen LogP contribution >= 0.6 is 0 Å². The van der Waals surface area contributed by atoms with E-state index in [-0.39, 0.29) is 41.1 Å². The summed E-state index contributed by atoms with van der Waals surface area (Å²) in [6.07, 6.45) is 4.96. The highest BCUT2D eigenvalue weighted by Gasteiger charge is 2.32. The maximum Gasteiger partial charge on any atom is 0.256 e. The maximum absolute atomic E-state index is 14.9. The summed E-state index contributed by atoms with van der Waals surface area (Å²) in [5.41, 5.74) is -1.00. The van der Waals surface area contributed by atoms with Gasteiger partial charge in [-0.05, 0) is 48.9 Å². The molecule has 3 atom stereocenters. The molecule has 3 heterocycles. The smallest absolute Gasteiger partial charge is 0.256 e. The van der Waals surface area contributed by atoms with Crippen molar-refractivity contribution in [3.63, 3.8) is 0 Å². The zero-order valence-electron chi connectivity index (χ0n) is 21.1. The number of fused-ring (bicyclic) bond motifs is 1. The quantitative estimate of drug-likeness (QED) is 0.485. The minimum absolute atomic E-state index is 0.00940. The highest BCUT2D eigenvalue weighted by Crippen LogP contribution is 2.34. The van der Waals surface area contributed by atoms with Crippen molar-refractivity contribution in [2.75, 3.05) is 18.0 Å². The second kappa shape index (κ2) is 10.6. The van der Waals surface area contributed by atoms with Crippen LogP contribution in [0.2, 0.25) is 0 Å². The van der Waals surface area contributed by atoms with Crippen LogP contribution in [0.25, 0.3) is 16.7 Å². The van der Waals surface area contributed by atoms with Gasteiger partial charge in [-0.1, -0.05) is 26.2 Å². The molecule has 2 amide bonds. The van der Waals surface area contributed by atoms with Gasteiger partial charge in [0.15, 0.2) is 5.65 Å². The van der Waals surface area contributed by atoms with Crippen molar-refractivity contribution in [2.45, 2.75) is 51.6 Å². The zero-order chi connectivity index (χ0) is 27.0. The summed E-state index contributed by atoms with van der Waals surface area (Å²) in [5.74, 6) is -1.44. The number of aromatic nitrogens is 2. The Morgan fingerprint density at radius 3 is 2.61 bits per heavy atom. The van der Waals surface area contributed by atoms with Crippen molar-refractivity contribution in [1.29, 1.82) is 0 Å². The number of carbonyl (C=O) groups excluding carboxylic acids is 2. The molecule has 1 aliphatic heterocycles. The number of halogens is 3. The largest absolute Gasteiger partial charge is 0.352 e. The fraction of sp³-hybridized carbons (Fsp3) is 0.429. The number of hydrogen-bond acceptors (Lipinski definition) is 4. The molecule has 3 aromatic rings. The molecule has 10 heteroatoms. The summed E-state index contributed by atoms with van der Waals surface area (Å²) in [6, 6.07) is 5.70. The summed E-state index contributed by atoms with van der Waals surface area (Å²) < 4.78 is 43.5. The lowest BCUT2D eigenvalue weighted by Crippen LogP contribution is -2.31. The molecule has 1 saturated carbocycles. The van der Waals surface area contributed by atoms with Gasteiger partial charge in [0.05, 0.1) is 24.0 Å². The van der Waals surface area contributed by atoms with Gasteiger partial charge in [-0.15, -0.1) is 0 Å². The van der Waals surface area contributed by atoms with Gasteiger partial charge < -0.3 is 5.32 Å². The Morgan fingerprint density at radius 2 is 1.92 bits per heavy atom. The monoisotopic (exact) mass is 526 g/mol. The van der Waals surface area contributed by atoms with Crippen LogP contribution in [0.1, 0.15) is 55.8 Å². The predicted molar refractivity (Wildman–Crippen MR) is 137 cm³/mol. The van der Waals surface area contributed by atoms with Gasteiger partial charge in [-0.25, -0.2) is 18.2 Å². The van der Waals surface area contributed by atoms with E-state index in [0.717, 1.165) is 42.6 Å². The summed E-state index contributed by atoms with van der Waals surface area (Å²) in [7, 11) is 0. The lowest BCUT2D eigenvalue weighted by atomic mass is 10.0. The summed E-state index contributed by atoms with van der Waals surface area (Å²) in [6.45, 7) is 2.40. The first kappa shape index (κ1) is 25.9. The number of benzene rings is 1. The van der Waals surface area contributed by atoms with Crippen molar-refractivity contribution in [2.24, 2.45) is 11.8 Å². The second-order valence-electron chi connectivity index (χ2n) is 10.2. The van der Waals surface area contributed by atoms with Crippen LogP contribution in [0.3, 0.4) is 0 Å². The standard InChI is InChI=1S/C28H29F3N4O3/c1-2-16-3-4-17(11-16)9-10-32-28(38)21-15-34(23-7-5-18(29)12-22(23)31)27-20(26(21)37)6-8-24(33-27)35-14-19(30)13-25(35)36/h5-8,12,15-17,19H,2-4,9-11,13-14H2,1H3,(H,32,38). The van der Waals surface area contributed by atoms with Crippen LogP contribution in [0, 0.1) is 23.5 Å². The third kappa shape index (κ3) is 5.04. The molecule has 1 aliphatic carbocycles. The van der Waals surface area contributed by atoms with E-state index in [1.54, 1.807) is 0 Å². The Hall–Kier alpha value is -3.69. The SMILES string of the molecule is CCC1CCC(CCNC(=O)c2cn(-c3ccc(F)cc3F)c3nc(N4CC(F)CC4=O)ccc3c2=O)C1. The van der Waals surface area contributed by atoms with Gasteiger partial charge >= 0.3 is 0 Å². The molecule has 5 rings (SSSR count). The molecule has 3 unspecified atom stereocenters. The second-order valence-corrected chi connectivity index (χ2v) is 10.2. The first-order valence-electron chi connectivity index (χ1n) is 13.0. The van der Waals surface area contributed by atoms with Crippen LogP contribution in [0.5, 0.6) is 0 Å². The molecular weight excluding hydrogens is 497 g/mol. The van der Waals surface area contributed by atoms with E-state index in [1.807, 2.05) is 0 Å².